The minimum absolute atomic E-state index is 0.187. The first kappa shape index (κ1) is 19.0. The van der Waals surface area contributed by atoms with Gasteiger partial charge in [-0.25, -0.2) is 0 Å². The van der Waals surface area contributed by atoms with Crippen LogP contribution >= 0.6 is 0 Å². The molecule has 1 saturated carbocycles. The van der Waals surface area contributed by atoms with Gasteiger partial charge in [0, 0.05) is 12.6 Å². The number of nitrogens with zero attached hydrogens (tertiary/aromatic N) is 1. The van der Waals surface area contributed by atoms with E-state index in [0.29, 0.717) is 31.3 Å². The molecule has 3 rings (SSSR count). The van der Waals surface area contributed by atoms with Crippen LogP contribution in [-0.4, -0.2) is 41.2 Å². The Hall–Kier alpha value is -1.76. The highest BCUT2D eigenvalue weighted by Crippen LogP contribution is 2.39. The molecule has 3 unspecified atom stereocenters. The number of carbonyl (C=O) groups is 1. The summed E-state index contributed by atoms with van der Waals surface area (Å²) in [5.41, 5.74) is -0.731. The summed E-state index contributed by atoms with van der Waals surface area (Å²) in [5.74, 6) is -0.140. The highest BCUT2D eigenvalue weighted by molar-refractivity contribution is 5.74. The molecule has 1 aliphatic heterocycles. The van der Waals surface area contributed by atoms with Crippen molar-refractivity contribution in [1.29, 1.82) is 0 Å². The van der Waals surface area contributed by atoms with E-state index in [2.05, 4.69) is 4.90 Å². The van der Waals surface area contributed by atoms with Gasteiger partial charge in [0.2, 0.25) is 0 Å². The van der Waals surface area contributed by atoms with Gasteiger partial charge in [-0.05, 0) is 49.8 Å². The van der Waals surface area contributed by atoms with Crippen LogP contribution in [0.5, 0.6) is 5.75 Å². The van der Waals surface area contributed by atoms with Gasteiger partial charge in [0.25, 0.3) is 0 Å². The van der Waals surface area contributed by atoms with Crippen LogP contribution in [0.2, 0.25) is 0 Å². The van der Waals surface area contributed by atoms with Gasteiger partial charge in [-0.2, -0.15) is 13.2 Å². The van der Waals surface area contributed by atoms with Gasteiger partial charge in [0.1, 0.15) is 11.8 Å². The van der Waals surface area contributed by atoms with Crippen LogP contribution < -0.4 is 4.74 Å². The van der Waals surface area contributed by atoms with Crippen molar-refractivity contribution in [3.63, 3.8) is 0 Å². The molecule has 1 heterocycles. The number of alkyl halides is 3. The van der Waals surface area contributed by atoms with Crippen LogP contribution in [0.15, 0.2) is 24.3 Å². The standard InChI is InChI=1S/C19H24F3NO3/c20-19(21,22)14-6-3-7-15(12-14)26-10-4-9-23-16-8-2-1-5-13(16)11-17(23)18(24)25/h3,6-7,12-13,16-17H,1-2,4-5,8-11H2,(H,24,25). The molecule has 26 heavy (non-hydrogen) atoms. The second-order valence-corrected chi connectivity index (χ2v) is 7.17. The molecule has 2 fully saturated rings. The number of fused-ring (bicyclic) bond motifs is 1. The van der Waals surface area contributed by atoms with Gasteiger partial charge >= 0.3 is 12.1 Å². The van der Waals surface area contributed by atoms with Crippen molar-refractivity contribution in [3.05, 3.63) is 29.8 Å². The third-order valence-electron chi connectivity index (χ3n) is 5.50. The van der Waals surface area contributed by atoms with E-state index in [0.717, 1.165) is 31.4 Å². The third-order valence-corrected chi connectivity index (χ3v) is 5.50. The third kappa shape index (κ3) is 4.31. The zero-order chi connectivity index (χ0) is 18.7. The predicted molar refractivity (Wildman–Crippen MR) is 90.0 cm³/mol. The van der Waals surface area contributed by atoms with Crippen molar-refractivity contribution in [2.24, 2.45) is 5.92 Å². The van der Waals surface area contributed by atoms with Gasteiger partial charge in [0.15, 0.2) is 0 Å². The summed E-state index contributed by atoms with van der Waals surface area (Å²) in [6, 6.07) is 4.70. The number of likely N-dealkylation sites (tertiary alicyclic amines) is 1. The molecule has 0 amide bonds. The van der Waals surface area contributed by atoms with Crippen LogP contribution in [0.3, 0.4) is 0 Å². The Bertz CT molecular complexity index is 635. The minimum Gasteiger partial charge on any atom is -0.494 e. The van der Waals surface area contributed by atoms with E-state index in [1.165, 1.54) is 18.6 Å². The van der Waals surface area contributed by atoms with Crippen LogP contribution in [0.1, 0.15) is 44.1 Å². The highest BCUT2D eigenvalue weighted by Gasteiger charge is 2.44. The van der Waals surface area contributed by atoms with E-state index in [-0.39, 0.29) is 12.4 Å². The Morgan fingerprint density at radius 1 is 1.27 bits per heavy atom. The molecular formula is C19H24F3NO3. The number of carboxylic acids is 1. The molecule has 1 aromatic rings. The Morgan fingerprint density at radius 2 is 2.04 bits per heavy atom. The van der Waals surface area contributed by atoms with Crippen molar-refractivity contribution in [2.75, 3.05) is 13.2 Å². The first-order chi connectivity index (χ1) is 12.4. The lowest BCUT2D eigenvalue weighted by Gasteiger charge is -2.32. The maximum atomic E-state index is 12.7. The average Bonchev–Trinajstić information content (AvgIpc) is 2.97. The van der Waals surface area contributed by atoms with Gasteiger partial charge in [-0.3, -0.25) is 9.69 Å². The molecule has 1 saturated heterocycles. The fourth-order valence-electron chi connectivity index (χ4n) is 4.32. The van der Waals surface area contributed by atoms with E-state index < -0.39 is 23.8 Å². The van der Waals surface area contributed by atoms with Crippen LogP contribution in [-0.2, 0) is 11.0 Å². The topological polar surface area (TPSA) is 49.8 Å². The van der Waals surface area contributed by atoms with Crippen molar-refractivity contribution in [3.8, 4) is 5.75 Å². The fraction of sp³-hybridized carbons (Fsp3) is 0.632. The lowest BCUT2D eigenvalue weighted by atomic mass is 9.85. The van der Waals surface area contributed by atoms with Gasteiger partial charge in [0.05, 0.1) is 12.2 Å². The number of benzene rings is 1. The quantitative estimate of drug-likeness (QED) is 0.762. The van der Waals surface area contributed by atoms with E-state index in [1.807, 2.05) is 0 Å². The zero-order valence-corrected chi connectivity index (χ0v) is 14.5. The summed E-state index contributed by atoms with van der Waals surface area (Å²) >= 11 is 0. The SMILES string of the molecule is O=C(O)C1CC2CCCCC2N1CCCOc1cccc(C(F)(F)F)c1. The molecule has 0 bridgehead atoms. The van der Waals surface area contributed by atoms with Gasteiger partial charge in [-0.1, -0.05) is 18.9 Å². The van der Waals surface area contributed by atoms with Crippen molar-refractivity contribution in [1.82, 2.24) is 4.90 Å². The molecule has 7 heteroatoms. The van der Waals surface area contributed by atoms with E-state index in [1.54, 1.807) is 0 Å². The van der Waals surface area contributed by atoms with Crippen molar-refractivity contribution in [2.45, 2.75) is 56.8 Å². The molecule has 1 aliphatic carbocycles. The van der Waals surface area contributed by atoms with E-state index in [4.69, 9.17) is 4.74 Å². The summed E-state index contributed by atoms with van der Waals surface area (Å²) in [5, 5.41) is 9.49. The van der Waals surface area contributed by atoms with Crippen molar-refractivity contribution < 1.29 is 27.8 Å². The van der Waals surface area contributed by atoms with E-state index in [9.17, 15) is 23.1 Å². The second kappa shape index (κ2) is 7.86. The first-order valence-corrected chi connectivity index (χ1v) is 9.15. The maximum absolute atomic E-state index is 12.7. The highest BCUT2D eigenvalue weighted by atomic mass is 19.4. The predicted octanol–water partition coefficient (Wildman–Crippen LogP) is 4.19. The largest absolute Gasteiger partial charge is 0.494 e. The Morgan fingerprint density at radius 3 is 2.77 bits per heavy atom. The average molecular weight is 371 g/mol. The fourth-order valence-corrected chi connectivity index (χ4v) is 4.32. The Labute approximate surface area is 150 Å². The lowest BCUT2D eigenvalue weighted by molar-refractivity contribution is -0.142. The Balaban J connectivity index is 1.53. The van der Waals surface area contributed by atoms with Crippen molar-refractivity contribution >= 4 is 5.97 Å². The number of hydrogen-bond donors (Lipinski definition) is 1. The summed E-state index contributed by atoms with van der Waals surface area (Å²) < 4.78 is 43.6. The Kier molecular flexibility index (Phi) is 5.75. The number of halogens is 3. The molecule has 0 spiro atoms. The summed E-state index contributed by atoms with van der Waals surface area (Å²) in [7, 11) is 0. The summed E-state index contributed by atoms with van der Waals surface area (Å²) in [6.45, 7) is 0.860. The van der Waals surface area contributed by atoms with Crippen LogP contribution in [0.25, 0.3) is 0 Å². The molecule has 1 aromatic carbocycles. The minimum atomic E-state index is -4.39. The van der Waals surface area contributed by atoms with Crippen LogP contribution in [0, 0.1) is 5.92 Å². The number of rotatable bonds is 6. The lowest BCUT2D eigenvalue weighted by Crippen LogP contribution is -2.43. The number of carboxylic acid groups (broad SMARTS) is 1. The normalized spacial score (nSPS) is 26.5. The van der Waals surface area contributed by atoms with Crippen LogP contribution in [0.4, 0.5) is 13.2 Å². The monoisotopic (exact) mass is 371 g/mol. The molecule has 0 aromatic heterocycles. The molecule has 4 nitrogen and oxygen atoms in total. The van der Waals surface area contributed by atoms with Gasteiger partial charge in [-0.15, -0.1) is 0 Å². The summed E-state index contributed by atoms with van der Waals surface area (Å²) in [6.07, 6.45) is 1.32. The summed E-state index contributed by atoms with van der Waals surface area (Å²) in [4.78, 5) is 13.6. The zero-order valence-electron chi connectivity index (χ0n) is 14.5. The molecular weight excluding hydrogens is 347 g/mol. The number of hydrogen-bond acceptors (Lipinski definition) is 3. The molecule has 2 aliphatic rings. The molecule has 3 atom stereocenters. The number of aliphatic carboxylic acids is 1. The smallest absolute Gasteiger partial charge is 0.416 e. The molecule has 144 valence electrons. The van der Waals surface area contributed by atoms with E-state index >= 15 is 0 Å². The number of ether oxygens (including phenoxy) is 1. The maximum Gasteiger partial charge on any atom is 0.416 e. The molecule has 1 N–H and O–H groups in total. The molecule has 0 radical (unpaired) electrons. The first-order valence-electron chi connectivity index (χ1n) is 9.15. The second-order valence-electron chi connectivity index (χ2n) is 7.17. The van der Waals surface area contributed by atoms with Gasteiger partial charge < -0.3 is 9.84 Å².